The van der Waals surface area contributed by atoms with E-state index in [-0.39, 0.29) is 0 Å². The standard InChI is InChI=1S/C12H10N4OS/c1-7-15-12-8(3-2-6-14-12)16(7)10-5-4-9(18-10)11(13)17/h2-6H,1H3,(H2,13,17). The van der Waals surface area contributed by atoms with Crippen LogP contribution >= 0.6 is 11.3 Å². The topological polar surface area (TPSA) is 73.8 Å². The van der Waals surface area contributed by atoms with Gasteiger partial charge in [-0.1, -0.05) is 0 Å². The first kappa shape index (κ1) is 10.9. The summed E-state index contributed by atoms with van der Waals surface area (Å²) in [6, 6.07) is 7.41. The molecule has 0 atom stereocenters. The van der Waals surface area contributed by atoms with Gasteiger partial charge in [0.25, 0.3) is 5.91 Å². The minimum absolute atomic E-state index is 0.411. The highest BCUT2D eigenvalue weighted by Crippen LogP contribution is 2.25. The lowest BCUT2D eigenvalue weighted by atomic mass is 10.4. The Hall–Kier alpha value is -2.21. The number of imidazole rings is 1. The molecule has 3 heterocycles. The number of fused-ring (bicyclic) bond motifs is 1. The second kappa shape index (κ2) is 3.92. The van der Waals surface area contributed by atoms with Crippen molar-refractivity contribution in [2.75, 3.05) is 0 Å². The number of aryl methyl sites for hydroxylation is 1. The molecule has 0 unspecified atom stereocenters. The average Bonchev–Trinajstić information content (AvgIpc) is 2.91. The van der Waals surface area contributed by atoms with Gasteiger partial charge in [-0.25, -0.2) is 9.97 Å². The van der Waals surface area contributed by atoms with Crippen LogP contribution in [-0.2, 0) is 0 Å². The van der Waals surface area contributed by atoms with Gasteiger partial charge in [0.1, 0.15) is 10.8 Å². The fourth-order valence-electron chi connectivity index (χ4n) is 1.89. The number of carbonyl (C=O) groups is 1. The molecule has 2 N–H and O–H groups in total. The van der Waals surface area contributed by atoms with Gasteiger partial charge >= 0.3 is 0 Å². The van der Waals surface area contributed by atoms with Crippen LogP contribution in [0.3, 0.4) is 0 Å². The molecule has 1 amide bonds. The van der Waals surface area contributed by atoms with E-state index in [1.165, 1.54) is 11.3 Å². The van der Waals surface area contributed by atoms with E-state index in [4.69, 9.17) is 5.73 Å². The Morgan fingerprint density at radius 3 is 2.94 bits per heavy atom. The summed E-state index contributed by atoms with van der Waals surface area (Å²) in [4.78, 5) is 20.3. The lowest BCUT2D eigenvalue weighted by Gasteiger charge is -2.01. The van der Waals surface area contributed by atoms with Crippen LogP contribution in [0.4, 0.5) is 0 Å². The minimum Gasteiger partial charge on any atom is -0.365 e. The largest absolute Gasteiger partial charge is 0.365 e. The molecule has 18 heavy (non-hydrogen) atoms. The number of aromatic nitrogens is 3. The van der Waals surface area contributed by atoms with E-state index >= 15 is 0 Å². The van der Waals surface area contributed by atoms with Crippen molar-refractivity contribution in [2.24, 2.45) is 5.73 Å². The van der Waals surface area contributed by atoms with Crippen molar-refractivity contribution in [1.82, 2.24) is 14.5 Å². The Kier molecular flexibility index (Phi) is 2.38. The Morgan fingerprint density at radius 1 is 1.39 bits per heavy atom. The number of amides is 1. The fraction of sp³-hybridized carbons (Fsp3) is 0.0833. The molecule has 0 spiro atoms. The normalized spacial score (nSPS) is 10.9. The Morgan fingerprint density at radius 2 is 2.22 bits per heavy atom. The molecule has 0 aliphatic rings. The molecule has 90 valence electrons. The molecule has 0 bridgehead atoms. The maximum absolute atomic E-state index is 11.1. The average molecular weight is 258 g/mol. The van der Waals surface area contributed by atoms with Crippen LogP contribution in [0, 0.1) is 6.92 Å². The summed E-state index contributed by atoms with van der Waals surface area (Å²) in [7, 11) is 0. The van der Waals surface area contributed by atoms with Gasteiger partial charge in [0.05, 0.1) is 10.4 Å². The maximum Gasteiger partial charge on any atom is 0.258 e. The summed E-state index contributed by atoms with van der Waals surface area (Å²) in [6.07, 6.45) is 1.71. The molecular weight excluding hydrogens is 248 g/mol. The van der Waals surface area contributed by atoms with E-state index in [1.54, 1.807) is 12.3 Å². The van der Waals surface area contributed by atoms with Gasteiger partial charge in [-0.15, -0.1) is 11.3 Å². The predicted molar refractivity (Wildman–Crippen MR) is 70.0 cm³/mol. The summed E-state index contributed by atoms with van der Waals surface area (Å²) >= 11 is 1.35. The van der Waals surface area contributed by atoms with Crippen LogP contribution in [0.1, 0.15) is 15.5 Å². The molecule has 6 heteroatoms. The Balaban J connectivity index is 2.24. The monoisotopic (exact) mass is 258 g/mol. The lowest BCUT2D eigenvalue weighted by molar-refractivity contribution is 0.100. The second-order valence-corrected chi connectivity index (χ2v) is 4.90. The van der Waals surface area contributed by atoms with Gasteiger partial charge in [0, 0.05) is 6.20 Å². The molecule has 3 aromatic rings. The van der Waals surface area contributed by atoms with Gasteiger partial charge in [0.15, 0.2) is 5.65 Å². The van der Waals surface area contributed by atoms with Crippen molar-refractivity contribution in [3.63, 3.8) is 0 Å². The number of carbonyl (C=O) groups excluding carboxylic acids is 1. The van der Waals surface area contributed by atoms with Gasteiger partial charge in [0.2, 0.25) is 0 Å². The molecule has 0 radical (unpaired) electrons. The van der Waals surface area contributed by atoms with Crippen LogP contribution in [-0.4, -0.2) is 20.4 Å². The van der Waals surface area contributed by atoms with E-state index in [2.05, 4.69) is 9.97 Å². The predicted octanol–water partition coefficient (Wildman–Crippen LogP) is 1.89. The van der Waals surface area contributed by atoms with E-state index in [0.717, 1.165) is 16.3 Å². The zero-order valence-electron chi connectivity index (χ0n) is 9.62. The third kappa shape index (κ3) is 1.58. The molecule has 0 saturated carbocycles. The smallest absolute Gasteiger partial charge is 0.258 e. The number of hydrogen-bond donors (Lipinski definition) is 1. The van der Waals surface area contributed by atoms with Crippen molar-refractivity contribution in [3.05, 3.63) is 41.2 Å². The minimum atomic E-state index is -0.411. The van der Waals surface area contributed by atoms with E-state index in [0.29, 0.717) is 10.5 Å². The molecule has 3 aromatic heterocycles. The first-order valence-corrected chi connectivity index (χ1v) is 6.18. The maximum atomic E-state index is 11.1. The second-order valence-electron chi connectivity index (χ2n) is 3.84. The number of pyridine rings is 1. The van der Waals surface area contributed by atoms with Gasteiger partial charge in [-0.2, -0.15) is 0 Å². The van der Waals surface area contributed by atoms with E-state index in [9.17, 15) is 4.79 Å². The van der Waals surface area contributed by atoms with E-state index in [1.807, 2.05) is 29.7 Å². The van der Waals surface area contributed by atoms with Crippen LogP contribution in [0.5, 0.6) is 0 Å². The zero-order chi connectivity index (χ0) is 12.7. The highest BCUT2D eigenvalue weighted by molar-refractivity contribution is 7.16. The number of hydrogen-bond acceptors (Lipinski definition) is 4. The molecule has 0 fully saturated rings. The first-order chi connectivity index (χ1) is 8.66. The fourth-order valence-corrected chi connectivity index (χ4v) is 2.81. The van der Waals surface area contributed by atoms with E-state index < -0.39 is 5.91 Å². The summed E-state index contributed by atoms with van der Waals surface area (Å²) < 4.78 is 1.97. The van der Waals surface area contributed by atoms with Gasteiger partial charge < -0.3 is 5.73 Å². The molecule has 0 aliphatic heterocycles. The number of rotatable bonds is 2. The Bertz CT molecular complexity index is 743. The van der Waals surface area contributed by atoms with Crippen LogP contribution in [0.25, 0.3) is 16.2 Å². The lowest BCUT2D eigenvalue weighted by Crippen LogP contribution is -2.08. The molecule has 5 nitrogen and oxygen atoms in total. The highest BCUT2D eigenvalue weighted by atomic mass is 32.1. The third-order valence-electron chi connectivity index (χ3n) is 2.65. The van der Waals surface area contributed by atoms with Crippen LogP contribution in [0.15, 0.2) is 30.5 Å². The quantitative estimate of drug-likeness (QED) is 0.762. The number of primary amides is 1. The molecular formula is C12H10N4OS. The van der Waals surface area contributed by atoms with Crippen LogP contribution in [0.2, 0.25) is 0 Å². The molecule has 0 aromatic carbocycles. The molecule has 0 saturated heterocycles. The molecule has 3 rings (SSSR count). The number of thiophene rings is 1. The SMILES string of the molecule is Cc1nc2ncccc2n1-c1ccc(C(N)=O)s1. The summed E-state index contributed by atoms with van der Waals surface area (Å²) in [5.41, 5.74) is 6.89. The molecule has 0 aliphatic carbocycles. The number of nitrogens with two attached hydrogens (primary N) is 1. The third-order valence-corrected chi connectivity index (χ3v) is 3.74. The van der Waals surface area contributed by atoms with Gasteiger partial charge in [-0.05, 0) is 31.2 Å². The van der Waals surface area contributed by atoms with Crippen molar-refractivity contribution < 1.29 is 4.79 Å². The first-order valence-electron chi connectivity index (χ1n) is 5.37. The number of nitrogens with zero attached hydrogens (tertiary/aromatic N) is 3. The van der Waals surface area contributed by atoms with Crippen LogP contribution < -0.4 is 5.73 Å². The summed E-state index contributed by atoms with van der Waals surface area (Å²) in [6.45, 7) is 1.91. The van der Waals surface area contributed by atoms with Gasteiger partial charge in [-0.3, -0.25) is 9.36 Å². The van der Waals surface area contributed by atoms with Crippen molar-refractivity contribution in [3.8, 4) is 5.00 Å². The highest BCUT2D eigenvalue weighted by Gasteiger charge is 2.12. The van der Waals surface area contributed by atoms with Crippen molar-refractivity contribution in [2.45, 2.75) is 6.92 Å². The zero-order valence-corrected chi connectivity index (χ0v) is 10.4. The van der Waals surface area contributed by atoms with Crippen molar-refractivity contribution >= 4 is 28.4 Å². The summed E-state index contributed by atoms with van der Waals surface area (Å²) in [5.74, 6) is 0.424. The summed E-state index contributed by atoms with van der Waals surface area (Å²) in [5, 5.41) is 0.914. The van der Waals surface area contributed by atoms with Crippen molar-refractivity contribution in [1.29, 1.82) is 0 Å². The Labute approximate surface area is 107 Å².